The first-order chi connectivity index (χ1) is 8.14. The summed E-state index contributed by atoms with van der Waals surface area (Å²) < 4.78 is 22.0. The molecular weight excluding hydrogens is 288 g/mol. The third-order valence-corrected chi connectivity index (χ3v) is 6.67. The van der Waals surface area contributed by atoms with Gasteiger partial charge in [-0.1, -0.05) is 0 Å². The number of amides is 1. The summed E-state index contributed by atoms with van der Waals surface area (Å²) in [4.78, 5) is 14.0. The maximum Gasteiger partial charge on any atom is 0.243 e. The first-order valence-electron chi connectivity index (χ1n) is 6.39. The van der Waals surface area contributed by atoms with Gasteiger partial charge in [0.15, 0.2) is 9.84 Å². The Kier molecular flexibility index (Phi) is 4.59. The monoisotopic (exact) mass is 310 g/mol. The van der Waals surface area contributed by atoms with Crippen molar-refractivity contribution < 1.29 is 13.2 Å². The minimum atomic E-state index is -3.40. The first kappa shape index (κ1) is 16.7. The van der Waals surface area contributed by atoms with Crippen LogP contribution >= 0.6 is 12.4 Å². The highest BCUT2D eigenvalue weighted by Gasteiger charge is 2.48. The molecule has 0 bridgehead atoms. The molecular formula is C12H23ClN2O3S. The van der Waals surface area contributed by atoms with E-state index in [4.69, 9.17) is 5.73 Å². The molecule has 5 nitrogen and oxygen atoms in total. The molecule has 2 fully saturated rings. The van der Waals surface area contributed by atoms with Crippen LogP contribution in [0.3, 0.4) is 0 Å². The lowest BCUT2D eigenvalue weighted by atomic mass is 9.98. The van der Waals surface area contributed by atoms with Gasteiger partial charge >= 0.3 is 0 Å². The van der Waals surface area contributed by atoms with Crippen LogP contribution in [0.4, 0.5) is 0 Å². The van der Waals surface area contributed by atoms with E-state index in [1.807, 2.05) is 0 Å². The van der Waals surface area contributed by atoms with E-state index in [1.54, 1.807) is 4.90 Å². The summed E-state index contributed by atoms with van der Waals surface area (Å²) in [5.41, 5.74) is 6.02. The molecule has 1 saturated carbocycles. The highest BCUT2D eigenvalue weighted by atomic mass is 35.5. The van der Waals surface area contributed by atoms with Crippen molar-refractivity contribution in [2.75, 3.05) is 19.3 Å². The van der Waals surface area contributed by atoms with Crippen molar-refractivity contribution in [2.45, 2.75) is 37.5 Å². The number of hydrogen-bond donors (Lipinski definition) is 1. The van der Waals surface area contributed by atoms with Crippen molar-refractivity contribution in [3.8, 4) is 0 Å². The fraction of sp³-hybridized carbons (Fsp3) is 0.917. The molecule has 1 aliphatic carbocycles. The molecule has 0 aromatic carbocycles. The number of rotatable bonds is 2. The van der Waals surface area contributed by atoms with Gasteiger partial charge in [-0.25, -0.2) is 8.42 Å². The molecule has 19 heavy (non-hydrogen) atoms. The van der Waals surface area contributed by atoms with Crippen LogP contribution in [-0.2, 0) is 14.6 Å². The summed E-state index contributed by atoms with van der Waals surface area (Å²) in [7, 11) is -3.40. The SMILES string of the molecule is CC(C)(C(=O)N1CC2CCC(N)C2C1)S(C)(=O)=O.Cl. The van der Waals surface area contributed by atoms with Crippen LogP contribution in [0.1, 0.15) is 26.7 Å². The second kappa shape index (κ2) is 5.22. The van der Waals surface area contributed by atoms with Crippen LogP contribution in [0.5, 0.6) is 0 Å². The number of halogens is 1. The summed E-state index contributed by atoms with van der Waals surface area (Å²) >= 11 is 0. The Hall–Kier alpha value is -0.330. The lowest BCUT2D eigenvalue weighted by Gasteiger charge is -2.28. The third kappa shape index (κ3) is 2.76. The van der Waals surface area contributed by atoms with E-state index in [9.17, 15) is 13.2 Å². The van der Waals surface area contributed by atoms with Crippen molar-refractivity contribution >= 4 is 28.2 Å². The normalized spacial score (nSPS) is 30.9. The lowest BCUT2D eigenvalue weighted by Crippen LogP contribution is -2.49. The average Bonchev–Trinajstić information content (AvgIpc) is 2.78. The summed E-state index contributed by atoms with van der Waals surface area (Å²) in [6, 6.07) is 0.161. The molecule has 112 valence electrons. The average molecular weight is 311 g/mol. The Balaban J connectivity index is 0.00000180. The Morgan fingerprint density at radius 3 is 2.32 bits per heavy atom. The maximum absolute atomic E-state index is 12.4. The highest BCUT2D eigenvalue weighted by molar-refractivity contribution is 7.92. The van der Waals surface area contributed by atoms with Crippen LogP contribution in [0, 0.1) is 11.8 Å². The Morgan fingerprint density at radius 2 is 1.84 bits per heavy atom. The summed E-state index contributed by atoms with van der Waals surface area (Å²) in [6.07, 6.45) is 3.19. The zero-order valence-electron chi connectivity index (χ0n) is 11.6. The molecule has 1 aliphatic heterocycles. The second-order valence-corrected chi connectivity index (χ2v) is 8.72. The number of sulfone groups is 1. The quantitative estimate of drug-likeness (QED) is 0.802. The molecule has 2 rings (SSSR count). The largest absolute Gasteiger partial charge is 0.341 e. The molecule has 1 amide bonds. The number of fused-ring (bicyclic) bond motifs is 1. The number of likely N-dealkylation sites (tertiary alicyclic amines) is 1. The molecule has 0 radical (unpaired) electrons. The number of carbonyl (C=O) groups is 1. The highest BCUT2D eigenvalue weighted by Crippen LogP contribution is 2.38. The van der Waals surface area contributed by atoms with Gasteiger partial charge in [-0.05, 0) is 38.5 Å². The molecule has 2 N–H and O–H groups in total. The Bertz CT molecular complexity index is 464. The van der Waals surface area contributed by atoms with Gasteiger partial charge < -0.3 is 10.6 Å². The third-order valence-electron chi connectivity index (χ3n) is 4.64. The molecule has 1 heterocycles. The second-order valence-electron chi connectivity index (χ2n) is 6.16. The molecule has 7 heteroatoms. The van der Waals surface area contributed by atoms with Gasteiger partial charge in [-0.15, -0.1) is 12.4 Å². The lowest BCUT2D eigenvalue weighted by molar-refractivity contribution is -0.132. The fourth-order valence-electron chi connectivity index (χ4n) is 3.01. The number of hydrogen-bond acceptors (Lipinski definition) is 4. The topological polar surface area (TPSA) is 80.5 Å². The van der Waals surface area contributed by atoms with E-state index >= 15 is 0 Å². The van der Waals surface area contributed by atoms with E-state index in [1.165, 1.54) is 13.8 Å². The van der Waals surface area contributed by atoms with Gasteiger partial charge in [0.2, 0.25) is 5.91 Å². The molecule has 2 aliphatic rings. The van der Waals surface area contributed by atoms with Crippen LogP contribution in [0.15, 0.2) is 0 Å². The van der Waals surface area contributed by atoms with E-state index in [2.05, 4.69) is 0 Å². The van der Waals surface area contributed by atoms with E-state index in [0.29, 0.717) is 24.9 Å². The maximum atomic E-state index is 12.4. The number of carbonyl (C=O) groups excluding carboxylic acids is 1. The van der Waals surface area contributed by atoms with Gasteiger partial charge in [0, 0.05) is 25.4 Å². The van der Waals surface area contributed by atoms with E-state index in [0.717, 1.165) is 19.1 Å². The van der Waals surface area contributed by atoms with Gasteiger partial charge in [0.1, 0.15) is 4.75 Å². The minimum absolute atomic E-state index is 0. The molecule has 3 atom stereocenters. The predicted octanol–water partition coefficient (Wildman–Crippen LogP) is 0.427. The van der Waals surface area contributed by atoms with Crippen molar-refractivity contribution in [3.63, 3.8) is 0 Å². The van der Waals surface area contributed by atoms with Crippen molar-refractivity contribution in [1.82, 2.24) is 4.90 Å². The standard InChI is InChI=1S/C12H22N2O3S.ClH/c1-12(2,18(3,16)17)11(15)14-6-8-4-5-10(13)9(8)7-14;/h8-10H,4-7,13H2,1-3H3;1H. The summed E-state index contributed by atoms with van der Waals surface area (Å²) in [6.45, 7) is 4.25. The molecule has 0 aromatic rings. The fourth-order valence-corrected chi connectivity index (χ4v) is 3.46. The van der Waals surface area contributed by atoms with Crippen molar-refractivity contribution in [2.24, 2.45) is 17.6 Å². The zero-order chi connectivity index (χ0) is 13.7. The minimum Gasteiger partial charge on any atom is -0.341 e. The predicted molar refractivity (Wildman–Crippen MR) is 76.9 cm³/mol. The van der Waals surface area contributed by atoms with Gasteiger partial charge in [-0.2, -0.15) is 0 Å². The van der Waals surface area contributed by atoms with Crippen LogP contribution < -0.4 is 5.73 Å². The summed E-state index contributed by atoms with van der Waals surface area (Å²) in [5, 5.41) is 0. The first-order valence-corrected chi connectivity index (χ1v) is 8.28. The molecule has 3 unspecified atom stereocenters. The molecule has 0 aromatic heterocycles. The smallest absolute Gasteiger partial charge is 0.243 e. The zero-order valence-corrected chi connectivity index (χ0v) is 13.3. The van der Waals surface area contributed by atoms with E-state index in [-0.39, 0.29) is 24.4 Å². The number of nitrogens with zero attached hydrogens (tertiary/aromatic N) is 1. The van der Waals surface area contributed by atoms with Crippen LogP contribution in [0.2, 0.25) is 0 Å². The van der Waals surface area contributed by atoms with Crippen molar-refractivity contribution in [3.05, 3.63) is 0 Å². The van der Waals surface area contributed by atoms with Crippen LogP contribution in [-0.4, -0.2) is 49.4 Å². The van der Waals surface area contributed by atoms with Gasteiger partial charge in [0.05, 0.1) is 0 Å². The van der Waals surface area contributed by atoms with Crippen molar-refractivity contribution in [1.29, 1.82) is 0 Å². The Labute approximate surface area is 121 Å². The van der Waals surface area contributed by atoms with Gasteiger partial charge in [-0.3, -0.25) is 4.79 Å². The molecule has 0 spiro atoms. The van der Waals surface area contributed by atoms with Gasteiger partial charge in [0.25, 0.3) is 0 Å². The van der Waals surface area contributed by atoms with E-state index < -0.39 is 14.6 Å². The Morgan fingerprint density at radius 1 is 1.26 bits per heavy atom. The number of nitrogens with two attached hydrogens (primary N) is 1. The summed E-state index contributed by atoms with van der Waals surface area (Å²) in [5.74, 6) is 0.523. The van der Waals surface area contributed by atoms with Crippen LogP contribution in [0.25, 0.3) is 0 Å². The molecule has 1 saturated heterocycles.